The second-order valence-electron chi connectivity index (χ2n) is 5.82. The Kier molecular flexibility index (Phi) is 4.74. The molecule has 3 rings (SSSR count). The first kappa shape index (κ1) is 16.0. The van der Waals surface area contributed by atoms with Crippen LogP contribution in [0.4, 0.5) is 17.1 Å². The van der Waals surface area contributed by atoms with Crippen molar-refractivity contribution in [3.63, 3.8) is 0 Å². The molecule has 0 aliphatic carbocycles. The molecule has 0 radical (unpaired) electrons. The Morgan fingerprint density at radius 2 is 1.79 bits per heavy atom. The number of anilines is 1. The van der Waals surface area contributed by atoms with Crippen molar-refractivity contribution in [3.8, 4) is 5.75 Å². The van der Waals surface area contributed by atoms with Gasteiger partial charge in [-0.3, -0.25) is 15.1 Å². The maximum absolute atomic E-state index is 10.8. The van der Waals surface area contributed by atoms with E-state index >= 15 is 0 Å². The smallest absolute Gasteiger partial charge is 0.270 e. The molecule has 0 saturated carbocycles. The number of hydrogen-bond acceptors (Lipinski definition) is 5. The van der Waals surface area contributed by atoms with E-state index < -0.39 is 4.92 Å². The molecule has 1 saturated heterocycles. The fourth-order valence-corrected chi connectivity index (χ4v) is 2.80. The summed E-state index contributed by atoms with van der Waals surface area (Å²) in [4.78, 5) is 17.0. The molecule has 1 N–H and O–H groups in total. The van der Waals surface area contributed by atoms with Gasteiger partial charge in [0.1, 0.15) is 5.75 Å². The quantitative estimate of drug-likeness (QED) is 0.522. The zero-order chi connectivity index (χ0) is 16.9. The monoisotopic (exact) mass is 325 g/mol. The predicted octanol–water partition coefficient (Wildman–Crippen LogP) is 4.04. The van der Waals surface area contributed by atoms with Crippen molar-refractivity contribution < 1.29 is 10.0 Å². The number of phenolic OH excluding ortho intramolecular Hbond substituents is 1. The van der Waals surface area contributed by atoms with Crippen LogP contribution >= 0.6 is 0 Å². The molecule has 1 aliphatic heterocycles. The molecule has 2 aromatic rings. The number of phenols is 1. The van der Waals surface area contributed by atoms with Crippen molar-refractivity contribution in [2.75, 3.05) is 18.0 Å². The van der Waals surface area contributed by atoms with Crippen LogP contribution in [0, 0.1) is 10.1 Å². The number of non-ortho nitro benzene ring substituents is 1. The van der Waals surface area contributed by atoms with E-state index in [1.807, 2.05) is 24.3 Å². The molecule has 1 heterocycles. The van der Waals surface area contributed by atoms with Crippen molar-refractivity contribution in [1.29, 1.82) is 0 Å². The van der Waals surface area contributed by atoms with Crippen molar-refractivity contribution in [2.24, 2.45) is 4.99 Å². The van der Waals surface area contributed by atoms with Crippen LogP contribution in [-0.2, 0) is 0 Å². The molecule has 1 aliphatic rings. The normalized spacial score (nSPS) is 14.9. The van der Waals surface area contributed by atoms with Gasteiger partial charge in [0.25, 0.3) is 5.69 Å². The Morgan fingerprint density at radius 3 is 2.46 bits per heavy atom. The molecule has 6 nitrogen and oxygen atoms in total. The predicted molar refractivity (Wildman–Crippen MR) is 94.5 cm³/mol. The number of nitro groups is 1. The van der Waals surface area contributed by atoms with Crippen LogP contribution in [0.3, 0.4) is 0 Å². The van der Waals surface area contributed by atoms with Gasteiger partial charge in [0, 0.05) is 42.7 Å². The molecule has 0 amide bonds. The molecule has 0 atom stereocenters. The Hall–Kier alpha value is -2.89. The molecule has 2 aromatic carbocycles. The molecule has 0 unspecified atom stereocenters. The van der Waals surface area contributed by atoms with Gasteiger partial charge < -0.3 is 10.0 Å². The number of hydrogen-bond donors (Lipinski definition) is 1. The van der Waals surface area contributed by atoms with Crippen LogP contribution in [0.2, 0.25) is 0 Å². The van der Waals surface area contributed by atoms with Gasteiger partial charge in [-0.2, -0.15) is 0 Å². The Labute approximate surface area is 140 Å². The minimum absolute atomic E-state index is 0.0331. The zero-order valence-electron chi connectivity index (χ0n) is 13.3. The van der Waals surface area contributed by atoms with Gasteiger partial charge in [-0.1, -0.05) is 0 Å². The summed E-state index contributed by atoms with van der Waals surface area (Å²) in [5, 5.41) is 20.6. The second-order valence-corrected chi connectivity index (χ2v) is 5.82. The number of aromatic hydroxyl groups is 1. The maximum atomic E-state index is 10.8. The number of nitro benzene ring substituents is 1. The van der Waals surface area contributed by atoms with Crippen molar-refractivity contribution >= 4 is 23.3 Å². The summed E-state index contributed by atoms with van der Waals surface area (Å²) in [6.45, 7) is 2.17. The van der Waals surface area contributed by atoms with Crippen LogP contribution < -0.4 is 4.90 Å². The lowest BCUT2D eigenvalue weighted by atomic mass is 10.1. The third-order valence-corrected chi connectivity index (χ3v) is 4.15. The van der Waals surface area contributed by atoms with Crippen molar-refractivity contribution in [3.05, 3.63) is 58.1 Å². The molecule has 1 fully saturated rings. The summed E-state index contributed by atoms with van der Waals surface area (Å²) < 4.78 is 0. The van der Waals surface area contributed by atoms with E-state index in [-0.39, 0.29) is 11.4 Å². The highest BCUT2D eigenvalue weighted by molar-refractivity contribution is 5.86. The highest BCUT2D eigenvalue weighted by atomic mass is 16.6. The highest BCUT2D eigenvalue weighted by Crippen LogP contribution is 2.25. The first-order chi connectivity index (χ1) is 11.6. The SMILES string of the molecule is O=[N+]([O-])c1ccc(O)c(C=Nc2ccc(N3CCCCC3)cc2)c1. The standard InChI is InChI=1S/C18H19N3O3/c22-18-9-8-17(21(23)24)12-14(18)13-19-15-4-6-16(7-5-15)20-10-2-1-3-11-20/h4-9,12-13,22H,1-3,10-11H2. The average molecular weight is 325 g/mol. The summed E-state index contributed by atoms with van der Waals surface area (Å²) in [6, 6.07) is 11.8. The van der Waals surface area contributed by atoms with Gasteiger partial charge in [-0.25, -0.2) is 0 Å². The fourth-order valence-electron chi connectivity index (χ4n) is 2.80. The summed E-state index contributed by atoms with van der Waals surface area (Å²) in [6.07, 6.45) is 5.20. The van der Waals surface area contributed by atoms with E-state index in [9.17, 15) is 15.2 Å². The summed E-state index contributed by atoms with van der Waals surface area (Å²) in [5.41, 5.74) is 2.17. The minimum Gasteiger partial charge on any atom is -0.507 e. The van der Waals surface area contributed by atoms with Crippen LogP contribution in [-0.4, -0.2) is 29.3 Å². The largest absolute Gasteiger partial charge is 0.507 e. The van der Waals surface area contributed by atoms with Crippen LogP contribution in [0.1, 0.15) is 24.8 Å². The average Bonchev–Trinajstić information content (AvgIpc) is 2.62. The zero-order valence-corrected chi connectivity index (χ0v) is 13.3. The number of rotatable bonds is 4. The summed E-state index contributed by atoms with van der Waals surface area (Å²) in [5.74, 6) is -0.0331. The van der Waals surface area contributed by atoms with Gasteiger partial charge in [-0.05, 0) is 49.6 Å². The van der Waals surface area contributed by atoms with Gasteiger partial charge in [0.2, 0.25) is 0 Å². The van der Waals surface area contributed by atoms with Gasteiger partial charge >= 0.3 is 0 Å². The first-order valence-electron chi connectivity index (χ1n) is 8.00. The van der Waals surface area contributed by atoms with Crippen LogP contribution in [0.15, 0.2) is 47.5 Å². The fraction of sp³-hybridized carbons (Fsp3) is 0.278. The lowest BCUT2D eigenvalue weighted by Crippen LogP contribution is -2.29. The molecule has 6 heteroatoms. The van der Waals surface area contributed by atoms with Crippen molar-refractivity contribution in [2.45, 2.75) is 19.3 Å². The molecule has 0 aromatic heterocycles. The van der Waals surface area contributed by atoms with Gasteiger partial charge in [0.15, 0.2) is 0 Å². The lowest BCUT2D eigenvalue weighted by Gasteiger charge is -2.28. The van der Waals surface area contributed by atoms with E-state index in [1.165, 1.54) is 49.4 Å². The Bertz CT molecular complexity index is 751. The molecule has 0 spiro atoms. The number of aliphatic imine (C=N–C) groups is 1. The van der Waals surface area contributed by atoms with Gasteiger partial charge in [-0.15, -0.1) is 0 Å². The van der Waals surface area contributed by atoms with E-state index in [2.05, 4.69) is 9.89 Å². The molecule has 0 bridgehead atoms. The Morgan fingerprint density at radius 1 is 1.08 bits per heavy atom. The van der Waals surface area contributed by atoms with Crippen LogP contribution in [0.25, 0.3) is 0 Å². The molecule has 124 valence electrons. The molecule has 24 heavy (non-hydrogen) atoms. The van der Waals surface area contributed by atoms with Gasteiger partial charge in [0.05, 0.1) is 10.6 Å². The first-order valence-corrected chi connectivity index (χ1v) is 8.00. The van der Waals surface area contributed by atoms with E-state index in [0.717, 1.165) is 18.8 Å². The minimum atomic E-state index is -0.496. The van der Waals surface area contributed by atoms with Crippen LogP contribution in [0.5, 0.6) is 5.75 Å². The third kappa shape index (κ3) is 3.71. The highest BCUT2D eigenvalue weighted by Gasteiger charge is 2.11. The number of piperidine rings is 1. The summed E-state index contributed by atoms with van der Waals surface area (Å²) in [7, 11) is 0. The molecular weight excluding hydrogens is 306 g/mol. The number of nitrogens with zero attached hydrogens (tertiary/aromatic N) is 3. The van der Waals surface area contributed by atoms with E-state index in [1.54, 1.807) is 0 Å². The van der Waals surface area contributed by atoms with Crippen molar-refractivity contribution in [1.82, 2.24) is 0 Å². The molecular formula is C18H19N3O3. The van der Waals surface area contributed by atoms with E-state index in [4.69, 9.17) is 0 Å². The topological polar surface area (TPSA) is 79.0 Å². The second kappa shape index (κ2) is 7.12. The summed E-state index contributed by atoms with van der Waals surface area (Å²) >= 11 is 0. The lowest BCUT2D eigenvalue weighted by molar-refractivity contribution is -0.384. The third-order valence-electron chi connectivity index (χ3n) is 4.15. The number of benzene rings is 2. The Balaban J connectivity index is 1.75. The van der Waals surface area contributed by atoms with E-state index in [0.29, 0.717) is 5.56 Å². The maximum Gasteiger partial charge on any atom is 0.270 e.